The molecule has 0 radical (unpaired) electrons. The number of piperidine rings is 1. The van der Waals surface area contributed by atoms with Crippen molar-refractivity contribution in [2.45, 2.75) is 25.3 Å². The van der Waals surface area contributed by atoms with Crippen LogP contribution in [0.5, 0.6) is 0 Å². The fraction of sp³-hybridized carbons (Fsp3) is 0.556. The summed E-state index contributed by atoms with van der Waals surface area (Å²) in [5, 5.41) is 3.43. The molecule has 0 bridgehead atoms. The molecule has 1 aliphatic heterocycles. The van der Waals surface area contributed by atoms with Crippen LogP contribution in [0.1, 0.15) is 31.1 Å². The first-order chi connectivity index (χ1) is 5.47. The van der Waals surface area contributed by atoms with Crippen molar-refractivity contribution in [3.63, 3.8) is 0 Å². The first-order valence-electron chi connectivity index (χ1n) is 4.23. The molecule has 60 valence electrons. The molecule has 1 fully saturated rings. The molecule has 0 spiro atoms. The minimum atomic E-state index is 0.471. The molecule has 2 rings (SSSR count). The van der Waals surface area contributed by atoms with Gasteiger partial charge in [0.15, 0.2) is 0 Å². The molecule has 1 saturated heterocycles. The van der Waals surface area contributed by atoms with Gasteiger partial charge in [0.25, 0.3) is 0 Å². The second-order valence-corrected chi connectivity index (χ2v) is 3.02. The molecule has 1 aromatic rings. The van der Waals surface area contributed by atoms with Crippen molar-refractivity contribution < 1.29 is 4.42 Å². The average molecular weight is 151 g/mol. The topological polar surface area (TPSA) is 25.2 Å². The Labute approximate surface area is 66.6 Å². The SMILES string of the molecule is c1coc([C@@H]2CCCCN2)c1. The Morgan fingerprint density at radius 3 is 3.09 bits per heavy atom. The molecule has 0 saturated carbocycles. The highest BCUT2D eigenvalue weighted by Gasteiger charge is 2.15. The van der Waals surface area contributed by atoms with Crippen LogP contribution in [0.3, 0.4) is 0 Å². The van der Waals surface area contributed by atoms with E-state index < -0.39 is 0 Å². The molecule has 1 aliphatic rings. The Kier molecular flexibility index (Phi) is 1.95. The molecular formula is C9H13NO. The van der Waals surface area contributed by atoms with Gasteiger partial charge in [-0.3, -0.25) is 0 Å². The van der Waals surface area contributed by atoms with Gasteiger partial charge in [0, 0.05) is 0 Å². The second-order valence-electron chi connectivity index (χ2n) is 3.02. The molecule has 2 heterocycles. The Bertz CT molecular complexity index is 199. The molecular weight excluding hydrogens is 138 g/mol. The minimum absolute atomic E-state index is 0.471. The number of rotatable bonds is 1. The van der Waals surface area contributed by atoms with Crippen molar-refractivity contribution in [2.24, 2.45) is 0 Å². The summed E-state index contributed by atoms with van der Waals surface area (Å²) in [5.74, 6) is 1.09. The average Bonchev–Trinajstić information content (AvgIpc) is 2.58. The van der Waals surface area contributed by atoms with E-state index in [9.17, 15) is 0 Å². The van der Waals surface area contributed by atoms with Crippen LogP contribution in [0.15, 0.2) is 22.8 Å². The standard InChI is InChI=1S/C9H13NO/c1-2-6-10-8(4-1)9-5-3-7-11-9/h3,5,7-8,10H,1-2,4,6H2/t8-/m0/s1. The van der Waals surface area contributed by atoms with Crippen LogP contribution < -0.4 is 5.32 Å². The van der Waals surface area contributed by atoms with Crippen LogP contribution in [0.2, 0.25) is 0 Å². The molecule has 2 nitrogen and oxygen atoms in total. The Hall–Kier alpha value is -0.760. The normalized spacial score (nSPS) is 25.3. The van der Waals surface area contributed by atoms with Crippen LogP contribution in [0.4, 0.5) is 0 Å². The first kappa shape index (κ1) is 6.92. The van der Waals surface area contributed by atoms with E-state index in [-0.39, 0.29) is 0 Å². The fourth-order valence-corrected chi connectivity index (χ4v) is 1.58. The molecule has 1 atom stereocenters. The van der Waals surface area contributed by atoms with E-state index in [2.05, 4.69) is 5.32 Å². The van der Waals surface area contributed by atoms with Crippen molar-refractivity contribution in [3.8, 4) is 0 Å². The maximum absolute atomic E-state index is 5.31. The molecule has 1 aromatic heterocycles. The van der Waals surface area contributed by atoms with Crippen LogP contribution in [-0.4, -0.2) is 6.54 Å². The number of furan rings is 1. The van der Waals surface area contributed by atoms with Gasteiger partial charge in [0.05, 0.1) is 12.3 Å². The molecule has 2 heteroatoms. The fourth-order valence-electron chi connectivity index (χ4n) is 1.58. The van der Waals surface area contributed by atoms with Gasteiger partial charge in [0.2, 0.25) is 0 Å². The van der Waals surface area contributed by atoms with E-state index in [1.807, 2.05) is 12.1 Å². The summed E-state index contributed by atoms with van der Waals surface area (Å²) in [7, 11) is 0. The minimum Gasteiger partial charge on any atom is -0.468 e. The van der Waals surface area contributed by atoms with Crippen molar-refractivity contribution >= 4 is 0 Å². The second kappa shape index (κ2) is 3.09. The summed E-state index contributed by atoms with van der Waals surface area (Å²) in [5.41, 5.74) is 0. The van der Waals surface area contributed by atoms with E-state index in [1.54, 1.807) is 6.26 Å². The highest BCUT2D eigenvalue weighted by Crippen LogP contribution is 2.22. The summed E-state index contributed by atoms with van der Waals surface area (Å²) in [6.45, 7) is 1.13. The quantitative estimate of drug-likeness (QED) is 0.664. The van der Waals surface area contributed by atoms with Crippen molar-refractivity contribution in [1.29, 1.82) is 0 Å². The van der Waals surface area contributed by atoms with Crippen molar-refractivity contribution in [2.75, 3.05) is 6.54 Å². The Morgan fingerprint density at radius 2 is 2.45 bits per heavy atom. The predicted octanol–water partition coefficient (Wildman–Crippen LogP) is 2.09. The molecule has 1 N–H and O–H groups in total. The lowest BCUT2D eigenvalue weighted by Gasteiger charge is -2.21. The van der Waals surface area contributed by atoms with Crippen LogP contribution >= 0.6 is 0 Å². The first-order valence-corrected chi connectivity index (χ1v) is 4.23. The zero-order valence-corrected chi connectivity index (χ0v) is 6.55. The molecule has 0 unspecified atom stereocenters. The third-order valence-electron chi connectivity index (χ3n) is 2.20. The largest absolute Gasteiger partial charge is 0.468 e. The summed E-state index contributed by atoms with van der Waals surface area (Å²) >= 11 is 0. The van der Waals surface area contributed by atoms with E-state index in [0.29, 0.717) is 6.04 Å². The van der Waals surface area contributed by atoms with E-state index in [0.717, 1.165) is 12.3 Å². The van der Waals surface area contributed by atoms with Gasteiger partial charge in [-0.1, -0.05) is 6.42 Å². The van der Waals surface area contributed by atoms with Crippen LogP contribution in [0.25, 0.3) is 0 Å². The zero-order valence-electron chi connectivity index (χ0n) is 6.55. The van der Waals surface area contributed by atoms with Gasteiger partial charge in [-0.15, -0.1) is 0 Å². The van der Waals surface area contributed by atoms with Gasteiger partial charge in [-0.05, 0) is 31.5 Å². The number of hydrogen-bond acceptors (Lipinski definition) is 2. The van der Waals surface area contributed by atoms with Crippen molar-refractivity contribution in [1.82, 2.24) is 5.32 Å². The predicted molar refractivity (Wildman–Crippen MR) is 43.3 cm³/mol. The van der Waals surface area contributed by atoms with Crippen molar-refractivity contribution in [3.05, 3.63) is 24.2 Å². The molecule has 0 aromatic carbocycles. The van der Waals surface area contributed by atoms with Gasteiger partial charge in [-0.25, -0.2) is 0 Å². The third-order valence-corrected chi connectivity index (χ3v) is 2.20. The number of nitrogens with one attached hydrogen (secondary N) is 1. The lowest BCUT2D eigenvalue weighted by atomic mass is 10.0. The maximum atomic E-state index is 5.31. The zero-order chi connectivity index (χ0) is 7.52. The summed E-state index contributed by atoms with van der Waals surface area (Å²) in [6, 6.07) is 4.47. The van der Waals surface area contributed by atoms with E-state index in [4.69, 9.17) is 4.42 Å². The summed E-state index contributed by atoms with van der Waals surface area (Å²) in [6.07, 6.45) is 5.58. The summed E-state index contributed by atoms with van der Waals surface area (Å²) < 4.78 is 5.31. The van der Waals surface area contributed by atoms with E-state index >= 15 is 0 Å². The van der Waals surface area contributed by atoms with Gasteiger partial charge in [0.1, 0.15) is 5.76 Å². The smallest absolute Gasteiger partial charge is 0.120 e. The lowest BCUT2D eigenvalue weighted by molar-refractivity contribution is 0.349. The highest BCUT2D eigenvalue weighted by molar-refractivity contribution is 5.04. The third kappa shape index (κ3) is 1.46. The van der Waals surface area contributed by atoms with Gasteiger partial charge < -0.3 is 9.73 Å². The van der Waals surface area contributed by atoms with Gasteiger partial charge >= 0.3 is 0 Å². The van der Waals surface area contributed by atoms with E-state index in [1.165, 1.54) is 19.3 Å². The highest BCUT2D eigenvalue weighted by atomic mass is 16.3. The number of hydrogen-bond donors (Lipinski definition) is 1. The molecule has 0 amide bonds. The maximum Gasteiger partial charge on any atom is 0.120 e. The Morgan fingerprint density at radius 1 is 1.45 bits per heavy atom. The summed E-state index contributed by atoms with van der Waals surface area (Å²) in [4.78, 5) is 0. The molecule has 0 aliphatic carbocycles. The Balaban J connectivity index is 2.04. The molecule has 11 heavy (non-hydrogen) atoms. The van der Waals surface area contributed by atoms with Gasteiger partial charge in [-0.2, -0.15) is 0 Å². The lowest BCUT2D eigenvalue weighted by Crippen LogP contribution is -2.26. The van der Waals surface area contributed by atoms with Crippen LogP contribution in [-0.2, 0) is 0 Å². The monoisotopic (exact) mass is 151 g/mol. The van der Waals surface area contributed by atoms with Crippen LogP contribution in [0, 0.1) is 0 Å².